The van der Waals surface area contributed by atoms with Gasteiger partial charge in [-0.15, -0.1) is 0 Å². The number of amides is 1. The Morgan fingerprint density at radius 2 is 2.33 bits per heavy atom. The second-order valence-electron chi connectivity index (χ2n) is 5.29. The van der Waals surface area contributed by atoms with Crippen LogP contribution in [-0.2, 0) is 23.1 Å². The predicted molar refractivity (Wildman–Crippen MR) is 81.1 cm³/mol. The van der Waals surface area contributed by atoms with Gasteiger partial charge in [0.2, 0.25) is 5.91 Å². The summed E-state index contributed by atoms with van der Waals surface area (Å²) in [6.45, 7) is 6.73. The first-order chi connectivity index (χ1) is 10.1. The van der Waals surface area contributed by atoms with E-state index in [2.05, 4.69) is 15.3 Å². The topological polar surface area (TPSA) is 85.4 Å². The molecule has 1 unspecified atom stereocenters. The van der Waals surface area contributed by atoms with Gasteiger partial charge in [0.25, 0.3) is 0 Å². The Hall–Kier alpha value is -1.60. The van der Waals surface area contributed by atoms with Crippen molar-refractivity contribution in [1.29, 1.82) is 0 Å². The molecule has 1 aliphatic heterocycles. The fourth-order valence-electron chi connectivity index (χ4n) is 2.73. The second-order valence-corrected chi connectivity index (χ2v) is 5.29. The van der Waals surface area contributed by atoms with Crippen molar-refractivity contribution in [3.05, 3.63) is 11.3 Å². The van der Waals surface area contributed by atoms with Crippen LogP contribution in [0.1, 0.15) is 24.6 Å². The van der Waals surface area contributed by atoms with Crippen LogP contribution in [0.2, 0.25) is 0 Å². The van der Waals surface area contributed by atoms with Crippen LogP contribution in [0.15, 0.2) is 0 Å². The van der Waals surface area contributed by atoms with Gasteiger partial charge in [0.15, 0.2) is 0 Å². The van der Waals surface area contributed by atoms with Crippen molar-refractivity contribution in [2.45, 2.75) is 32.9 Å². The van der Waals surface area contributed by atoms with Crippen molar-refractivity contribution in [3.63, 3.8) is 0 Å². The predicted octanol–water partition coefficient (Wildman–Crippen LogP) is -0.0814. The number of hydrogen-bond donors (Lipinski definition) is 2. The van der Waals surface area contributed by atoms with E-state index < -0.39 is 0 Å². The fraction of sp³-hybridized carbons (Fsp3) is 0.714. The van der Waals surface area contributed by atoms with Crippen molar-refractivity contribution in [1.82, 2.24) is 15.1 Å². The lowest BCUT2D eigenvalue weighted by atomic mass is 10.1. The molecular formula is C14H25N5O2. The smallest absolute Gasteiger partial charge is 0.245 e. The minimum Gasteiger partial charge on any atom is -0.377 e. The summed E-state index contributed by atoms with van der Waals surface area (Å²) in [5.74, 6) is 0.924. The molecular weight excluding hydrogens is 270 g/mol. The number of nitrogens with one attached hydrogen (secondary N) is 1. The van der Waals surface area contributed by atoms with Crippen LogP contribution in [0.5, 0.6) is 0 Å². The van der Waals surface area contributed by atoms with Crippen LogP contribution >= 0.6 is 0 Å². The van der Waals surface area contributed by atoms with Gasteiger partial charge in [0.1, 0.15) is 11.9 Å². The first-order valence-electron chi connectivity index (χ1n) is 7.44. The molecule has 21 heavy (non-hydrogen) atoms. The van der Waals surface area contributed by atoms with Gasteiger partial charge in [-0.05, 0) is 13.3 Å². The number of aromatic nitrogens is 2. The molecule has 3 N–H and O–H groups in total. The highest BCUT2D eigenvalue weighted by atomic mass is 16.5. The number of rotatable bonds is 5. The maximum atomic E-state index is 12.4. The summed E-state index contributed by atoms with van der Waals surface area (Å²) in [6.07, 6.45) is 0.915. The maximum absolute atomic E-state index is 12.4. The molecule has 0 saturated carbocycles. The third kappa shape index (κ3) is 3.19. The molecule has 118 valence electrons. The Kier molecular flexibility index (Phi) is 5.19. The number of carbonyl (C=O) groups is 1. The molecule has 0 bridgehead atoms. The quantitative estimate of drug-likeness (QED) is 0.793. The molecule has 1 amide bonds. The van der Waals surface area contributed by atoms with Crippen molar-refractivity contribution in [2.75, 3.05) is 31.2 Å². The Morgan fingerprint density at radius 1 is 1.57 bits per heavy atom. The molecule has 1 atom stereocenters. The Morgan fingerprint density at radius 3 is 3.00 bits per heavy atom. The van der Waals surface area contributed by atoms with Gasteiger partial charge >= 0.3 is 0 Å². The average molecular weight is 295 g/mol. The Bertz CT molecular complexity index is 500. The summed E-state index contributed by atoms with van der Waals surface area (Å²) >= 11 is 0. The van der Waals surface area contributed by atoms with Gasteiger partial charge in [0, 0.05) is 32.2 Å². The number of anilines is 1. The zero-order valence-electron chi connectivity index (χ0n) is 13.1. The molecule has 1 fully saturated rings. The van der Waals surface area contributed by atoms with Gasteiger partial charge in [-0.25, -0.2) is 0 Å². The summed E-state index contributed by atoms with van der Waals surface area (Å²) in [6, 6.07) is -0.328. The van der Waals surface area contributed by atoms with E-state index in [1.807, 2.05) is 25.6 Å². The molecule has 2 rings (SSSR count). The molecule has 0 aromatic carbocycles. The molecule has 0 radical (unpaired) electrons. The zero-order valence-corrected chi connectivity index (χ0v) is 13.1. The minimum atomic E-state index is -0.328. The van der Waals surface area contributed by atoms with E-state index in [-0.39, 0.29) is 11.9 Å². The van der Waals surface area contributed by atoms with E-state index >= 15 is 0 Å². The molecule has 7 nitrogen and oxygen atoms in total. The molecule has 0 spiro atoms. The number of carbonyl (C=O) groups excluding carboxylic acids is 1. The molecule has 0 aliphatic carbocycles. The van der Waals surface area contributed by atoms with Crippen molar-refractivity contribution >= 4 is 11.7 Å². The zero-order chi connectivity index (χ0) is 15.4. The van der Waals surface area contributed by atoms with Crippen LogP contribution in [0.4, 0.5) is 5.82 Å². The van der Waals surface area contributed by atoms with Crippen molar-refractivity contribution < 1.29 is 9.53 Å². The van der Waals surface area contributed by atoms with E-state index in [0.29, 0.717) is 32.8 Å². The summed E-state index contributed by atoms with van der Waals surface area (Å²) in [7, 11) is 1.89. The standard InChI is InChI=1S/C14H25N5O2/c1-4-5-16-13(20)12-9-21-7-6-19(12)14-11(8-15)10(2)17-18(14)3/h12H,4-9,15H2,1-3H3,(H,16,20). The third-order valence-electron chi connectivity index (χ3n) is 3.77. The van der Waals surface area contributed by atoms with Crippen LogP contribution < -0.4 is 16.0 Å². The largest absolute Gasteiger partial charge is 0.377 e. The van der Waals surface area contributed by atoms with Crippen LogP contribution in [0.25, 0.3) is 0 Å². The SMILES string of the molecule is CCCNC(=O)C1COCCN1c1c(CN)c(C)nn1C. The van der Waals surface area contributed by atoms with Gasteiger partial charge < -0.3 is 20.7 Å². The van der Waals surface area contributed by atoms with Gasteiger partial charge in [0.05, 0.1) is 18.9 Å². The number of aryl methyl sites for hydroxylation is 2. The van der Waals surface area contributed by atoms with E-state index in [1.54, 1.807) is 0 Å². The van der Waals surface area contributed by atoms with Crippen LogP contribution in [0, 0.1) is 6.92 Å². The second kappa shape index (κ2) is 6.91. The highest BCUT2D eigenvalue weighted by molar-refractivity contribution is 5.85. The monoisotopic (exact) mass is 295 g/mol. The number of ether oxygens (including phenoxy) is 1. The molecule has 1 aliphatic rings. The molecule has 1 aromatic heterocycles. The molecule has 2 heterocycles. The van der Waals surface area contributed by atoms with Gasteiger partial charge in [-0.1, -0.05) is 6.92 Å². The van der Waals surface area contributed by atoms with E-state index in [9.17, 15) is 4.79 Å². The van der Waals surface area contributed by atoms with E-state index in [4.69, 9.17) is 10.5 Å². The lowest BCUT2D eigenvalue weighted by molar-refractivity contribution is -0.124. The first kappa shape index (κ1) is 15.8. The molecule has 1 aromatic rings. The lowest BCUT2D eigenvalue weighted by Gasteiger charge is -2.36. The van der Waals surface area contributed by atoms with Gasteiger partial charge in [-0.3, -0.25) is 9.48 Å². The number of nitrogens with two attached hydrogens (primary N) is 1. The van der Waals surface area contributed by atoms with Crippen molar-refractivity contribution in [2.24, 2.45) is 12.8 Å². The Labute approximate surface area is 125 Å². The van der Waals surface area contributed by atoms with E-state index in [1.165, 1.54) is 0 Å². The fourth-order valence-corrected chi connectivity index (χ4v) is 2.73. The van der Waals surface area contributed by atoms with E-state index in [0.717, 1.165) is 23.5 Å². The summed E-state index contributed by atoms with van der Waals surface area (Å²) in [4.78, 5) is 14.4. The van der Waals surface area contributed by atoms with Crippen LogP contribution in [0.3, 0.4) is 0 Å². The Balaban J connectivity index is 2.28. The molecule has 7 heteroatoms. The third-order valence-corrected chi connectivity index (χ3v) is 3.77. The van der Waals surface area contributed by atoms with Crippen LogP contribution in [-0.4, -0.2) is 48.0 Å². The normalized spacial score (nSPS) is 18.9. The summed E-state index contributed by atoms with van der Waals surface area (Å²) in [5, 5.41) is 7.38. The average Bonchev–Trinajstić information content (AvgIpc) is 2.78. The molecule has 1 saturated heterocycles. The number of nitrogens with zero attached hydrogens (tertiary/aromatic N) is 3. The van der Waals surface area contributed by atoms with Gasteiger partial charge in [-0.2, -0.15) is 5.10 Å². The lowest BCUT2D eigenvalue weighted by Crippen LogP contribution is -2.55. The summed E-state index contributed by atoms with van der Waals surface area (Å²) < 4.78 is 7.30. The maximum Gasteiger partial charge on any atom is 0.245 e. The summed E-state index contributed by atoms with van der Waals surface area (Å²) in [5.41, 5.74) is 7.77. The highest BCUT2D eigenvalue weighted by Crippen LogP contribution is 2.26. The van der Waals surface area contributed by atoms with Crippen molar-refractivity contribution in [3.8, 4) is 0 Å². The minimum absolute atomic E-state index is 0.00151. The number of hydrogen-bond acceptors (Lipinski definition) is 5. The first-order valence-corrected chi connectivity index (χ1v) is 7.44. The number of morpholine rings is 1. The highest BCUT2D eigenvalue weighted by Gasteiger charge is 2.32.